The van der Waals surface area contributed by atoms with Crippen molar-refractivity contribution in [1.82, 2.24) is 14.5 Å². The summed E-state index contributed by atoms with van der Waals surface area (Å²) in [7, 11) is 0. The Labute approximate surface area is 154 Å². The highest BCUT2D eigenvalue weighted by molar-refractivity contribution is 6.32. The van der Waals surface area contributed by atoms with Crippen molar-refractivity contribution < 1.29 is 4.74 Å². The van der Waals surface area contributed by atoms with Crippen molar-refractivity contribution in [2.24, 2.45) is 0 Å². The van der Waals surface area contributed by atoms with Gasteiger partial charge >= 0.3 is 0 Å². The number of aromatic nitrogens is 2. The van der Waals surface area contributed by atoms with E-state index < -0.39 is 0 Å². The summed E-state index contributed by atoms with van der Waals surface area (Å²) in [4.78, 5) is 7.17. The maximum atomic E-state index is 6.19. The van der Waals surface area contributed by atoms with Gasteiger partial charge in [0, 0.05) is 13.1 Å². The summed E-state index contributed by atoms with van der Waals surface area (Å²) in [6, 6.07) is 15.8. The van der Waals surface area contributed by atoms with E-state index in [0.29, 0.717) is 17.4 Å². The number of imidazole rings is 1. The van der Waals surface area contributed by atoms with Crippen LogP contribution in [-0.2, 0) is 13.2 Å². The number of halogens is 1. The molecule has 1 aromatic heterocycles. The average molecular weight is 358 g/mol. The Morgan fingerprint density at radius 1 is 1.04 bits per heavy atom. The van der Waals surface area contributed by atoms with E-state index in [0.717, 1.165) is 43.0 Å². The van der Waals surface area contributed by atoms with Gasteiger partial charge in [-0.25, -0.2) is 4.98 Å². The highest BCUT2D eigenvalue weighted by atomic mass is 35.5. The number of hydrogen-bond acceptors (Lipinski definition) is 3. The number of para-hydroxylation sites is 3. The average Bonchev–Trinajstić information content (AvgIpc) is 2.99. The topological polar surface area (TPSA) is 30.3 Å². The third-order valence-corrected chi connectivity index (χ3v) is 4.77. The predicted octanol–water partition coefficient (Wildman–Crippen LogP) is 4.61. The van der Waals surface area contributed by atoms with E-state index >= 15 is 0 Å². The highest BCUT2D eigenvalue weighted by Gasteiger charge is 2.12. The van der Waals surface area contributed by atoms with Gasteiger partial charge in [-0.1, -0.05) is 49.7 Å². The molecule has 3 rings (SSSR count). The van der Waals surface area contributed by atoms with Crippen LogP contribution in [0.5, 0.6) is 5.75 Å². The molecule has 0 radical (unpaired) electrons. The van der Waals surface area contributed by atoms with Crippen LogP contribution in [0.3, 0.4) is 0 Å². The minimum absolute atomic E-state index is 0.399. The molecule has 0 aliphatic carbocycles. The zero-order valence-electron chi connectivity index (χ0n) is 14.8. The van der Waals surface area contributed by atoms with E-state index in [9.17, 15) is 0 Å². The van der Waals surface area contributed by atoms with Crippen LogP contribution in [0.15, 0.2) is 48.5 Å². The molecule has 0 spiro atoms. The van der Waals surface area contributed by atoms with Crippen molar-refractivity contribution in [2.45, 2.75) is 27.0 Å². The van der Waals surface area contributed by atoms with Crippen molar-refractivity contribution in [3.05, 3.63) is 59.4 Å². The lowest BCUT2D eigenvalue weighted by atomic mass is 10.3. The largest absolute Gasteiger partial charge is 0.484 e. The predicted molar refractivity (Wildman–Crippen MR) is 103 cm³/mol. The maximum absolute atomic E-state index is 6.19. The first-order valence-corrected chi connectivity index (χ1v) is 9.14. The van der Waals surface area contributed by atoms with Crippen LogP contribution < -0.4 is 4.74 Å². The molecule has 0 fully saturated rings. The summed E-state index contributed by atoms with van der Waals surface area (Å²) in [5.41, 5.74) is 2.15. The molecule has 0 unspecified atom stereocenters. The molecule has 4 nitrogen and oxygen atoms in total. The highest BCUT2D eigenvalue weighted by Crippen LogP contribution is 2.25. The minimum Gasteiger partial charge on any atom is -0.484 e. The van der Waals surface area contributed by atoms with Crippen molar-refractivity contribution >= 4 is 22.6 Å². The van der Waals surface area contributed by atoms with E-state index in [2.05, 4.69) is 35.4 Å². The van der Waals surface area contributed by atoms with Crippen LogP contribution in [0.4, 0.5) is 0 Å². The van der Waals surface area contributed by atoms with Crippen molar-refractivity contribution in [3.8, 4) is 5.75 Å². The smallest absolute Gasteiger partial charge is 0.148 e. The van der Waals surface area contributed by atoms with Crippen molar-refractivity contribution in [3.63, 3.8) is 0 Å². The molecule has 0 bridgehead atoms. The number of hydrogen-bond donors (Lipinski definition) is 0. The Balaban J connectivity index is 1.83. The summed E-state index contributed by atoms with van der Waals surface area (Å²) < 4.78 is 8.18. The SMILES string of the molecule is CCN(CC)CCn1c(COc2ccccc2Cl)nc2ccccc21. The third-order valence-electron chi connectivity index (χ3n) is 4.46. The van der Waals surface area contributed by atoms with Gasteiger partial charge in [-0.05, 0) is 37.4 Å². The first-order chi connectivity index (χ1) is 12.2. The Morgan fingerprint density at radius 2 is 1.76 bits per heavy atom. The van der Waals surface area contributed by atoms with Gasteiger partial charge < -0.3 is 14.2 Å². The molecule has 0 aliphatic rings. The standard InChI is InChI=1S/C20H24ClN3O/c1-3-23(4-2)13-14-24-18-11-7-6-10-17(18)22-20(24)15-25-19-12-8-5-9-16(19)21/h5-12H,3-4,13-15H2,1-2H3. The maximum Gasteiger partial charge on any atom is 0.148 e. The van der Waals surface area contributed by atoms with Gasteiger partial charge in [0.25, 0.3) is 0 Å². The van der Waals surface area contributed by atoms with Gasteiger partial charge in [0.2, 0.25) is 0 Å². The van der Waals surface area contributed by atoms with Gasteiger partial charge in [0.05, 0.1) is 16.1 Å². The van der Waals surface area contributed by atoms with E-state index in [4.69, 9.17) is 21.3 Å². The molecule has 25 heavy (non-hydrogen) atoms. The van der Waals surface area contributed by atoms with Gasteiger partial charge in [-0.2, -0.15) is 0 Å². The molecule has 2 aromatic carbocycles. The van der Waals surface area contributed by atoms with Crippen LogP contribution in [0, 0.1) is 0 Å². The summed E-state index contributed by atoms with van der Waals surface area (Å²) >= 11 is 6.19. The lowest BCUT2D eigenvalue weighted by Gasteiger charge is -2.19. The summed E-state index contributed by atoms with van der Waals surface area (Å²) in [6.07, 6.45) is 0. The fourth-order valence-corrected chi connectivity index (χ4v) is 3.16. The van der Waals surface area contributed by atoms with Crippen LogP contribution in [0.25, 0.3) is 11.0 Å². The van der Waals surface area contributed by atoms with Gasteiger partial charge in [-0.15, -0.1) is 0 Å². The normalized spacial score (nSPS) is 11.4. The Morgan fingerprint density at radius 3 is 2.52 bits per heavy atom. The number of nitrogens with zero attached hydrogens (tertiary/aromatic N) is 3. The zero-order valence-corrected chi connectivity index (χ0v) is 15.5. The lowest BCUT2D eigenvalue weighted by molar-refractivity contribution is 0.271. The monoisotopic (exact) mass is 357 g/mol. The van der Waals surface area contributed by atoms with E-state index in [-0.39, 0.29) is 0 Å². The molecule has 0 aliphatic heterocycles. The van der Waals surface area contributed by atoms with Crippen LogP contribution in [0.1, 0.15) is 19.7 Å². The summed E-state index contributed by atoms with van der Waals surface area (Å²) in [5.74, 6) is 1.61. The fourth-order valence-electron chi connectivity index (χ4n) is 2.97. The molecular formula is C20H24ClN3O. The molecule has 0 atom stereocenters. The Bertz CT molecular complexity index is 827. The lowest BCUT2D eigenvalue weighted by Crippen LogP contribution is -2.27. The molecule has 1 heterocycles. The molecular weight excluding hydrogens is 334 g/mol. The van der Waals surface area contributed by atoms with Crippen LogP contribution in [-0.4, -0.2) is 34.1 Å². The summed E-state index contributed by atoms with van der Waals surface area (Å²) in [5, 5.41) is 0.619. The van der Waals surface area contributed by atoms with E-state index in [1.807, 2.05) is 36.4 Å². The minimum atomic E-state index is 0.399. The van der Waals surface area contributed by atoms with E-state index in [1.165, 1.54) is 0 Å². The quantitative estimate of drug-likeness (QED) is 0.589. The molecule has 132 valence electrons. The first-order valence-electron chi connectivity index (χ1n) is 8.76. The second-order valence-corrected chi connectivity index (χ2v) is 6.32. The van der Waals surface area contributed by atoms with Crippen molar-refractivity contribution in [2.75, 3.05) is 19.6 Å². The molecule has 5 heteroatoms. The number of likely N-dealkylation sites (N-methyl/N-ethyl adjacent to an activating group) is 1. The van der Waals surface area contributed by atoms with E-state index in [1.54, 1.807) is 0 Å². The van der Waals surface area contributed by atoms with Crippen LogP contribution in [0.2, 0.25) is 5.02 Å². The van der Waals surface area contributed by atoms with Gasteiger partial charge in [-0.3, -0.25) is 0 Å². The number of fused-ring (bicyclic) bond motifs is 1. The second kappa shape index (κ2) is 8.37. The van der Waals surface area contributed by atoms with Crippen LogP contribution >= 0.6 is 11.6 Å². The second-order valence-electron chi connectivity index (χ2n) is 5.91. The third kappa shape index (κ3) is 4.14. The Kier molecular flexibility index (Phi) is 5.95. The first kappa shape index (κ1) is 17.8. The van der Waals surface area contributed by atoms with Gasteiger partial charge in [0.15, 0.2) is 0 Å². The molecule has 0 amide bonds. The zero-order chi connectivity index (χ0) is 17.6. The fraction of sp³-hybridized carbons (Fsp3) is 0.350. The molecule has 0 saturated heterocycles. The Hall–Kier alpha value is -2.04. The molecule has 0 saturated carbocycles. The van der Waals surface area contributed by atoms with Gasteiger partial charge in [0.1, 0.15) is 18.2 Å². The van der Waals surface area contributed by atoms with Crippen molar-refractivity contribution in [1.29, 1.82) is 0 Å². The summed E-state index contributed by atoms with van der Waals surface area (Å²) in [6.45, 7) is 8.77. The number of rotatable bonds is 8. The molecule has 0 N–H and O–H groups in total. The number of ether oxygens (including phenoxy) is 1. The molecule has 3 aromatic rings. The number of benzene rings is 2.